The van der Waals surface area contributed by atoms with Crippen molar-refractivity contribution in [3.63, 3.8) is 0 Å². The predicted octanol–water partition coefficient (Wildman–Crippen LogP) is 2.97. The molecule has 0 spiro atoms. The van der Waals surface area contributed by atoms with E-state index >= 15 is 0 Å². The second-order valence-electron chi connectivity index (χ2n) is 6.32. The molecule has 4 rings (SSSR count). The van der Waals surface area contributed by atoms with Crippen molar-refractivity contribution in [3.8, 4) is 17.2 Å². The fourth-order valence-corrected chi connectivity index (χ4v) is 2.97. The molecule has 138 valence electrons. The maximum atomic E-state index is 12.3. The van der Waals surface area contributed by atoms with E-state index in [0.717, 1.165) is 29.0 Å². The van der Waals surface area contributed by atoms with Crippen molar-refractivity contribution in [3.05, 3.63) is 59.3 Å². The van der Waals surface area contributed by atoms with Crippen molar-refractivity contribution < 1.29 is 19.0 Å². The molecular weight excluding hydrogens is 344 g/mol. The lowest BCUT2D eigenvalue weighted by molar-refractivity contribution is -0.115. The van der Waals surface area contributed by atoms with Gasteiger partial charge in [0.25, 0.3) is 5.91 Å². The number of nitrogens with zero attached hydrogens (tertiary/aromatic N) is 1. The van der Waals surface area contributed by atoms with Gasteiger partial charge in [-0.25, -0.2) is 4.99 Å². The van der Waals surface area contributed by atoms with Gasteiger partial charge in [0.2, 0.25) is 0 Å². The minimum Gasteiger partial charge on any atom is -0.497 e. The number of amidine groups is 1. The van der Waals surface area contributed by atoms with Gasteiger partial charge in [-0.2, -0.15) is 0 Å². The maximum Gasteiger partial charge on any atom is 0.275 e. The largest absolute Gasteiger partial charge is 0.497 e. The Morgan fingerprint density at radius 2 is 1.89 bits per heavy atom. The van der Waals surface area contributed by atoms with Crippen molar-refractivity contribution in [1.82, 2.24) is 5.32 Å². The van der Waals surface area contributed by atoms with Crippen LogP contribution in [0.5, 0.6) is 17.2 Å². The van der Waals surface area contributed by atoms with Crippen LogP contribution in [0, 0.1) is 0 Å². The minimum absolute atomic E-state index is 0.203. The number of carbonyl (C=O) groups is 1. The van der Waals surface area contributed by atoms with Crippen LogP contribution >= 0.6 is 0 Å². The number of benzene rings is 2. The summed E-state index contributed by atoms with van der Waals surface area (Å²) in [4.78, 5) is 16.7. The fourth-order valence-electron chi connectivity index (χ4n) is 2.97. The zero-order chi connectivity index (χ0) is 18.6. The number of fused-ring (bicyclic) bond motifs is 1. The third-order valence-electron chi connectivity index (χ3n) is 4.35. The zero-order valence-electron chi connectivity index (χ0n) is 15.0. The Morgan fingerprint density at radius 1 is 1.11 bits per heavy atom. The van der Waals surface area contributed by atoms with Crippen LogP contribution in [0.15, 0.2) is 53.2 Å². The zero-order valence-corrected chi connectivity index (χ0v) is 15.0. The van der Waals surface area contributed by atoms with Crippen molar-refractivity contribution in [2.45, 2.75) is 12.8 Å². The van der Waals surface area contributed by atoms with Crippen LogP contribution in [0.2, 0.25) is 0 Å². The van der Waals surface area contributed by atoms with E-state index in [1.165, 1.54) is 0 Å². The van der Waals surface area contributed by atoms with Gasteiger partial charge in [-0.1, -0.05) is 18.2 Å². The third kappa shape index (κ3) is 3.95. The Labute approximate surface area is 157 Å². The smallest absolute Gasteiger partial charge is 0.275 e. The van der Waals surface area contributed by atoms with Crippen molar-refractivity contribution in [2.75, 3.05) is 20.3 Å². The van der Waals surface area contributed by atoms with E-state index in [1.54, 1.807) is 13.2 Å². The monoisotopic (exact) mass is 364 g/mol. The topological polar surface area (TPSA) is 69.1 Å². The molecule has 2 aliphatic heterocycles. The molecule has 0 saturated heterocycles. The van der Waals surface area contributed by atoms with E-state index in [9.17, 15) is 4.79 Å². The molecule has 0 unspecified atom stereocenters. The van der Waals surface area contributed by atoms with E-state index in [4.69, 9.17) is 14.2 Å². The van der Waals surface area contributed by atoms with Crippen LogP contribution in [0.25, 0.3) is 6.08 Å². The lowest BCUT2D eigenvalue weighted by Crippen LogP contribution is -2.25. The summed E-state index contributed by atoms with van der Waals surface area (Å²) < 4.78 is 16.5. The second-order valence-corrected chi connectivity index (χ2v) is 6.32. The summed E-state index contributed by atoms with van der Waals surface area (Å²) in [6, 6.07) is 13.3. The van der Waals surface area contributed by atoms with E-state index < -0.39 is 0 Å². The molecule has 27 heavy (non-hydrogen) atoms. The molecule has 2 aliphatic rings. The molecule has 0 aliphatic carbocycles. The lowest BCUT2D eigenvalue weighted by Gasteiger charge is -2.07. The quantitative estimate of drug-likeness (QED) is 0.847. The first-order chi connectivity index (χ1) is 13.2. The van der Waals surface area contributed by atoms with Crippen LogP contribution in [0.4, 0.5) is 0 Å². The van der Waals surface area contributed by atoms with Gasteiger partial charge < -0.3 is 19.5 Å². The van der Waals surface area contributed by atoms with E-state index in [0.29, 0.717) is 36.9 Å². The number of rotatable bonds is 4. The average molecular weight is 364 g/mol. The number of hydrogen-bond acceptors (Lipinski definition) is 5. The average Bonchev–Trinajstić information content (AvgIpc) is 2.88. The summed E-state index contributed by atoms with van der Waals surface area (Å²) >= 11 is 0. The first-order valence-corrected chi connectivity index (χ1v) is 8.84. The van der Waals surface area contributed by atoms with Crippen LogP contribution in [0.3, 0.4) is 0 Å². The summed E-state index contributed by atoms with van der Waals surface area (Å²) in [5.41, 5.74) is 2.28. The highest BCUT2D eigenvalue weighted by atomic mass is 16.5. The number of nitrogens with one attached hydrogen (secondary N) is 1. The van der Waals surface area contributed by atoms with E-state index in [1.807, 2.05) is 42.5 Å². The predicted molar refractivity (Wildman–Crippen MR) is 102 cm³/mol. The number of aliphatic imine (C=N–C) groups is 1. The summed E-state index contributed by atoms with van der Waals surface area (Å²) in [5.74, 6) is 2.65. The summed E-state index contributed by atoms with van der Waals surface area (Å²) in [5, 5.41) is 2.83. The van der Waals surface area contributed by atoms with E-state index in [-0.39, 0.29) is 5.91 Å². The maximum absolute atomic E-state index is 12.3. The standard InChI is InChI=1S/C21H20N2O4/c1-25-16-6-3-14(4-7-16)13-20-22-17(21(24)23-20)11-15-5-8-18-19(12-15)27-10-2-9-26-18/h3-8,11-12H,2,9-10,13H2,1H3,(H,22,23,24)/b17-11+. The molecule has 2 aromatic rings. The Morgan fingerprint density at radius 3 is 2.67 bits per heavy atom. The minimum atomic E-state index is -0.203. The molecule has 2 heterocycles. The number of ether oxygens (including phenoxy) is 3. The van der Waals surface area contributed by atoms with E-state index in [2.05, 4.69) is 10.3 Å². The molecule has 0 saturated carbocycles. The Hall–Kier alpha value is -3.28. The molecule has 1 amide bonds. The van der Waals surface area contributed by atoms with Gasteiger partial charge in [0.05, 0.1) is 20.3 Å². The van der Waals surface area contributed by atoms with Crippen molar-refractivity contribution >= 4 is 17.8 Å². The Balaban J connectivity index is 1.52. The van der Waals surface area contributed by atoms with Gasteiger partial charge >= 0.3 is 0 Å². The molecule has 2 aromatic carbocycles. The molecular formula is C21H20N2O4. The molecule has 6 heteroatoms. The lowest BCUT2D eigenvalue weighted by atomic mass is 10.1. The van der Waals surface area contributed by atoms with Crippen molar-refractivity contribution in [1.29, 1.82) is 0 Å². The first kappa shape index (κ1) is 17.1. The van der Waals surface area contributed by atoms with Gasteiger partial charge in [0, 0.05) is 12.8 Å². The molecule has 1 N–H and O–H groups in total. The number of amides is 1. The fraction of sp³-hybridized carbons (Fsp3) is 0.238. The summed E-state index contributed by atoms with van der Waals surface area (Å²) in [6.45, 7) is 1.27. The first-order valence-electron chi connectivity index (χ1n) is 8.84. The van der Waals surface area contributed by atoms with Crippen LogP contribution in [-0.4, -0.2) is 32.1 Å². The van der Waals surface area contributed by atoms with Crippen LogP contribution < -0.4 is 19.5 Å². The summed E-state index contributed by atoms with van der Waals surface area (Å²) in [6.07, 6.45) is 3.16. The third-order valence-corrected chi connectivity index (χ3v) is 4.35. The SMILES string of the molecule is COc1ccc(CC2=N/C(=C/c3ccc4c(c3)OCCCO4)C(=O)N2)cc1. The van der Waals surface area contributed by atoms with Gasteiger partial charge in [-0.05, 0) is 41.5 Å². The van der Waals surface area contributed by atoms with Gasteiger partial charge in [0.1, 0.15) is 17.3 Å². The van der Waals surface area contributed by atoms with Gasteiger partial charge in [-0.15, -0.1) is 0 Å². The molecule has 0 fully saturated rings. The Kier molecular flexibility index (Phi) is 4.78. The molecule has 0 radical (unpaired) electrons. The number of methoxy groups -OCH3 is 1. The molecule has 6 nitrogen and oxygen atoms in total. The number of hydrogen-bond donors (Lipinski definition) is 1. The van der Waals surface area contributed by atoms with Crippen LogP contribution in [0.1, 0.15) is 17.5 Å². The normalized spacial score (nSPS) is 17.3. The van der Waals surface area contributed by atoms with Crippen LogP contribution in [-0.2, 0) is 11.2 Å². The highest BCUT2D eigenvalue weighted by molar-refractivity contribution is 6.14. The highest BCUT2D eigenvalue weighted by Gasteiger charge is 2.20. The van der Waals surface area contributed by atoms with Gasteiger partial charge in [0.15, 0.2) is 11.5 Å². The Bertz CT molecular complexity index is 916. The van der Waals surface area contributed by atoms with Gasteiger partial charge in [-0.3, -0.25) is 4.79 Å². The summed E-state index contributed by atoms with van der Waals surface area (Å²) in [7, 11) is 1.63. The molecule has 0 aromatic heterocycles. The molecule has 0 bridgehead atoms. The molecule has 0 atom stereocenters. The second kappa shape index (κ2) is 7.53. The highest BCUT2D eigenvalue weighted by Crippen LogP contribution is 2.31. The van der Waals surface area contributed by atoms with Crippen molar-refractivity contribution in [2.24, 2.45) is 4.99 Å². The number of carbonyl (C=O) groups excluding carboxylic acids is 1.